The zero-order valence-corrected chi connectivity index (χ0v) is 15.4. The normalized spacial score (nSPS) is 14.0. The van der Waals surface area contributed by atoms with E-state index in [1.54, 1.807) is 0 Å². The standard InChI is InChI=1S/C16H37O5P/c1-3-5-11-20-13-7-9-15-22(17,18,19)16-10-8-14-21-12-6-4-2/h17-19H,3-16H2,1-2H3. The van der Waals surface area contributed by atoms with E-state index >= 15 is 0 Å². The van der Waals surface area contributed by atoms with E-state index < -0.39 is 7.28 Å². The van der Waals surface area contributed by atoms with Gasteiger partial charge in [-0.15, -0.1) is 0 Å². The second-order valence-electron chi connectivity index (χ2n) is 6.13. The van der Waals surface area contributed by atoms with Crippen molar-refractivity contribution in [3.05, 3.63) is 0 Å². The molecule has 0 aliphatic heterocycles. The van der Waals surface area contributed by atoms with E-state index in [0.717, 1.165) is 51.7 Å². The Morgan fingerprint density at radius 2 is 0.955 bits per heavy atom. The van der Waals surface area contributed by atoms with Crippen LogP contribution in [0.25, 0.3) is 0 Å². The summed E-state index contributed by atoms with van der Waals surface area (Å²) in [6.45, 7) is 7.00. The molecule has 0 rings (SSSR count). The first-order valence-electron chi connectivity index (χ1n) is 8.80. The molecule has 0 atom stereocenters. The summed E-state index contributed by atoms with van der Waals surface area (Å²) >= 11 is 0. The van der Waals surface area contributed by atoms with E-state index in [9.17, 15) is 14.7 Å². The van der Waals surface area contributed by atoms with Gasteiger partial charge in [0, 0.05) is 0 Å². The van der Waals surface area contributed by atoms with Crippen molar-refractivity contribution in [3.63, 3.8) is 0 Å². The molecule has 0 unspecified atom stereocenters. The second kappa shape index (κ2) is 12.6. The van der Waals surface area contributed by atoms with Gasteiger partial charge in [-0.3, -0.25) is 0 Å². The van der Waals surface area contributed by atoms with E-state index in [-0.39, 0.29) is 12.3 Å². The van der Waals surface area contributed by atoms with Crippen LogP contribution in [-0.4, -0.2) is 53.4 Å². The van der Waals surface area contributed by atoms with Gasteiger partial charge in [0.2, 0.25) is 0 Å². The number of hydrogen-bond acceptors (Lipinski definition) is 5. The van der Waals surface area contributed by atoms with Crippen molar-refractivity contribution >= 4 is 7.28 Å². The predicted octanol–water partition coefficient (Wildman–Crippen LogP) is 3.46. The molecule has 0 aliphatic carbocycles. The van der Waals surface area contributed by atoms with Crippen LogP contribution >= 0.6 is 7.28 Å². The van der Waals surface area contributed by atoms with Crippen LogP contribution < -0.4 is 0 Å². The topological polar surface area (TPSA) is 79.2 Å². The van der Waals surface area contributed by atoms with Crippen molar-refractivity contribution in [2.75, 3.05) is 38.8 Å². The molecule has 0 aromatic heterocycles. The van der Waals surface area contributed by atoms with Gasteiger partial charge in [0.15, 0.2) is 0 Å². The molecule has 136 valence electrons. The quantitative estimate of drug-likeness (QED) is 0.296. The summed E-state index contributed by atoms with van der Waals surface area (Å²) in [6.07, 6.45) is 7.18. The van der Waals surface area contributed by atoms with Crippen molar-refractivity contribution < 1.29 is 24.2 Å². The molecule has 0 saturated heterocycles. The molecule has 0 aromatic rings. The van der Waals surface area contributed by atoms with Crippen LogP contribution in [0, 0.1) is 0 Å². The maximum atomic E-state index is 10.0. The van der Waals surface area contributed by atoms with E-state index in [2.05, 4.69) is 13.8 Å². The summed E-state index contributed by atoms with van der Waals surface area (Å²) in [7, 11) is -4.43. The Morgan fingerprint density at radius 1 is 0.591 bits per heavy atom. The second-order valence-corrected chi connectivity index (χ2v) is 9.71. The van der Waals surface area contributed by atoms with Crippen molar-refractivity contribution in [3.8, 4) is 0 Å². The van der Waals surface area contributed by atoms with Gasteiger partial charge in [-0.1, -0.05) is 0 Å². The van der Waals surface area contributed by atoms with Gasteiger partial charge in [-0.25, -0.2) is 0 Å². The molecule has 0 spiro atoms. The van der Waals surface area contributed by atoms with Crippen molar-refractivity contribution in [1.82, 2.24) is 0 Å². The summed E-state index contributed by atoms with van der Waals surface area (Å²) in [5.74, 6) is 0. The SMILES string of the molecule is CCCCOCCCCP(O)(O)(O)CCCCOCCCC. The minimum absolute atomic E-state index is 0.0828. The zero-order chi connectivity index (χ0) is 16.8. The third kappa shape index (κ3) is 15.1. The first-order valence-corrected chi connectivity index (χ1v) is 11.3. The Hall–Kier alpha value is 0.230. The van der Waals surface area contributed by atoms with Crippen LogP contribution in [0.3, 0.4) is 0 Å². The van der Waals surface area contributed by atoms with Crippen LogP contribution in [-0.2, 0) is 9.47 Å². The number of ether oxygens (including phenoxy) is 2. The fourth-order valence-electron chi connectivity index (χ4n) is 2.09. The van der Waals surface area contributed by atoms with E-state index in [1.165, 1.54) is 0 Å². The third-order valence-electron chi connectivity index (χ3n) is 3.59. The van der Waals surface area contributed by atoms with Crippen LogP contribution in [0.15, 0.2) is 0 Å². The molecule has 0 bridgehead atoms. The predicted molar refractivity (Wildman–Crippen MR) is 93.2 cm³/mol. The van der Waals surface area contributed by atoms with Gasteiger partial charge in [0.1, 0.15) is 0 Å². The minimum atomic E-state index is -4.43. The molecule has 5 nitrogen and oxygen atoms in total. The Bertz CT molecular complexity index is 231. The number of rotatable bonds is 16. The first-order chi connectivity index (χ1) is 10.4. The summed E-state index contributed by atoms with van der Waals surface area (Å²) in [4.78, 5) is 30.1. The molecule has 0 radical (unpaired) electrons. The molecular weight excluding hydrogens is 303 g/mol. The average molecular weight is 340 g/mol. The van der Waals surface area contributed by atoms with Crippen molar-refractivity contribution in [2.24, 2.45) is 0 Å². The molecule has 0 amide bonds. The Labute approximate surface area is 136 Å². The number of hydrogen-bond donors (Lipinski definition) is 3. The molecule has 0 fully saturated rings. The van der Waals surface area contributed by atoms with Gasteiger partial charge >= 0.3 is 135 Å². The molecule has 3 N–H and O–H groups in total. The molecule has 22 heavy (non-hydrogen) atoms. The Balaban J connectivity index is 3.60. The van der Waals surface area contributed by atoms with Gasteiger partial charge < -0.3 is 0 Å². The van der Waals surface area contributed by atoms with Crippen LogP contribution in [0.1, 0.15) is 65.2 Å². The van der Waals surface area contributed by atoms with Crippen molar-refractivity contribution in [2.45, 2.75) is 65.2 Å². The zero-order valence-electron chi connectivity index (χ0n) is 14.5. The van der Waals surface area contributed by atoms with E-state index in [1.807, 2.05) is 0 Å². The van der Waals surface area contributed by atoms with Gasteiger partial charge in [0.05, 0.1) is 0 Å². The molecular formula is C16H37O5P. The number of unbranched alkanes of at least 4 members (excludes halogenated alkanes) is 4. The van der Waals surface area contributed by atoms with Gasteiger partial charge in [-0.2, -0.15) is 0 Å². The molecule has 0 heterocycles. The average Bonchev–Trinajstić information content (AvgIpc) is 2.45. The van der Waals surface area contributed by atoms with Gasteiger partial charge in [0.25, 0.3) is 0 Å². The molecule has 0 aromatic carbocycles. The van der Waals surface area contributed by atoms with Gasteiger partial charge in [-0.05, 0) is 0 Å². The third-order valence-corrected chi connectivity index (χ3v) is 6.06. The fraction of sp³-hybridized carbons (Fsp3) is 1.00. The molecule has 0 aliphatic rings. The van der Waals surface area contributed by atoms with Crippen LogP contribution in [0.4, 0.5) is 0 Å². The monoisotopic (exact) mass is 340 g/mol. The van der Waals surface area contributed by atoms with E-state index in [4.69, 9.17) is 9.47 Å². The van der Waals surface area contributed by atoms with E-state index in [0.29, 0.717) is 26.1 Å². The van der Waals surface area contributed by atoms with Crippen molar-refractivity contribution in [1.29, 1.82) is 0 Å². The first kappa shape index (κ1) is 22.2. The summed E-state index contributed by atoms with van der Waals surface area (Å²) < 4.78 is 10.8. The fourth-order valence-corrected chi connectivity index (χ4v) is 4.06. The summed E-state index contributed by atoms with van der Waals surface area (Å²) in [5.41, 5.74) is 0. The summed E-state index contributed by atoms with van der Waals surface area (Å²) in [6, 6.07) is 0. The Kier molecular flexibility index (Phi) is 12.8. The van der Waals surface area contributed by atoms with Crippen LogP contribution in [0.5, 0.6) is 0 Å². The molecule has 6 heteroatoms. The Morgan fingerprint density at radius 3 is 1.32 bits per heavy atom. The molecule has 0 saturated carbocycles. The summed E-state index contributed by atoms with van der Waals surface area (Å²) in [5, 5.41) is 0. The van der Waals surface area contributed by atoms with Crippen LogP contribution in [0.2, 0.25) is 0 Å². The maximum absolute atomic E-state index is 10.0.